The number of ether oxygens (including phenoxy) is 3. The Morgan fingerprint density at radius 3 is 2.29 bits per heavy atom. The maximum Gasteiger partial charge on any atom is 0.416 e. The van der Waals surface area contributed by atoms with Crippen molar-refractivity contribution in [3.05, 3.63) is 62.7 Å². The van der Waals surface area contributed by atoms with Gasteiger partial charge in [0.25, 0.3) is 5.69 Å². The van der Waals surface area contributed by atoms with Gasteiger partial charge in [-0.2, -0.15) is 13.2 Å². The van der Waals surface area contributed by atoms with Crippen LogP contribution in [0.2, 0.25) is 5.02 Å². The first kappa shape index (κ1) is 35.3. The molecule has 226 valence electrons. The zero-order chi connectivity index (χ0) is 31.5. The van der Waals surface area contributed by atoms with Crippen LogP contribution in [-0.4, -0.2) is 64.9 Å². The molecule has 2 unspecified atom stereocenters. The Bertz CT molecular complexity index is 1320. The van der Waals surface area contributed by atoms with Crippen molar-refractivity contribution >= 4 is 42.6 Å². The van der Waals surface area contributed by atoms with Gasteiger partial charge in [-0.05, 0) is 37.6 Å². The van der Waals surface area contributed by atoms with Gasteiger partial charge >= 0.3 is 24.1 Å². The van der Waals surface area contributed by atoms with E-state index in [1.807, 2.05) is 0 Å². The highest BCUT2D eigenvalue weighted by Gasteiger charge is 2.31. The minimum Gasteiger partial charge on any atom is -0.480 e. The van der Waals surface area contributed by atoms with Crippen LogP contribution < -0.4 is 10.5 Å². The van der Waals surface area contributed by atoms with Crippen molar-refractivity contribution in [1.29, 1.82) is 0 Å². The van der Waals surface area contributed by atoms with Gasteiger partial charge in [-0.1, -0.05) is 11.6 Å². The van der Waals surface area contributed by atoms with Crippen LogP contribution in [-0.2, 0) is 29.8 Å². The number of carboxylic acids is 1. The molecule has 0 aromatic heterocycles. The van der Waals surface area contributed by atoms with Crippen LogP contribution in [0.4, 0.5) is 18.9 Å². The second-order valence-electron chi connectivity index (χ2n) is 8.07. The number of halogens is 4. The molecule has 0 radical (unpaired) electrons. The Balaban J connectivity index is 0.000000646. The van der Waals surface area contributed by atoms with Crippen molar-refractivity contribution in [3.8, 4) is 11.5 Å². The number of nitrogens with zero attached hydrogens (tertiary/aromatic N) is 1. The number of esters is 2. The van der Waals surface area contributed by atoms with Gasteiger partial charge in [0.05, 0.1) is 22.1 Å². The van der Waals surface area contributed by atoms with Crippen molar-refractivity contribution in [3.63, 3.8) is 0 Å². The van der Waals surface area contributed by atoms with Crippen LogP contribution >= 0.6 is 19.0 Å². The van der Waals surface area contributed by atoms with Crippen molar-refractivity contribution in [1.82, 2.24) is 0 Å². The predicted molar refractivity (Wildman–Crippen MR) is 137 cm³/mol. The van der Waals surface area contributed by atoms with Gasteiger partial charge in [-0.25, -0.2) is 9.59 Å². The zero-order valence-electron chi connectivity index (χ0n) is 21.4. The number of aliphatic carboxylic acids is 1. The fourth-order valence-corrected chi connectivity index (χ4v) is 3.67. The number of nitro groups is 1. The molecule has 18 heteroatoms. The lowest BCUT2D eigenvalue weighted by Crippen LogP contribution is -2.30. The number of carbonyl (C=O) groups excluding carboxylic acids is 2. The Morgan fingerprint density at radius 2 is 1.80 bits per heavy atom. The second kappa shape index (κ2) is 15.3. The van der Waals surface area contributed by atoms with Crippen molar-refractivity contribution in [2.45, 2.75) is 25.6 Å². The van der Waals surface area contributed by atoms with Crippen LogP contribution in [0, 0.1) is 10.1 Å². The molecular weight excluding hydrogens is 604 g/mol. The van der Waals surface area contributed by atoms with Gasteiger partial charge in [0.1, 0.15) is 23.1 Å². The summed E-state index contributed by atoms with van der Waals surface area (Å²) in [6.45, 7) is 2.01. The average molecular weight is 629 g/mol. The molecule has 0 amide bonds. The Labute approximate surface area is 235 Å². The van der Waals surface area contributed by atoms with Gasteiger partial charge < -0.3 is 29.9 Å². The fourth-order valence-electron chi connectivity index (χ4n) is 2.70. The van der Waals surface area contributed by atoms with Gasteiger partial charge in [0.15, 0.2) is 14.0 Å². The molecule has 0 aliphatic heterocycles. The Morgan fingerprint density at radius 1 is 1.17 bits per heavy atom. The van der Waals surface area contributed by atoms with Gasteiger partial charge in [-0.15, -0.1) is 0 Å². The molecule has 4 N–H and O–H groups in total. The average Bonchev–Trinajstić information content (AvgIpc) is 2.86. The third kappa shape index (κ3) is 12.6. The number of alkyl halides is 3. The number of hydrogen-bond acceptors (Lipinski definition) is 10. The summed E-state index contributed by atoms with van der Waals surface area (Å²) in [5, 5.41) is 19.1. The van der Waals surface area contributed by atoms with E-state index in [2.05, 4.69) is 4.74 Å². The molecule has 2 aromatic carbocycles. The maximum absolute atomic E-state index is 12.7. The summed E-state index contributed by atoms with van der Waals surface area (Å²) in [4.78, 5) is 52.6. The smallest absolute Gasteiger partial charge is 0.416 e. The Hall–Kier alpha value is -3.72. The number of rotatable bonds is 11. The molecule has 2 aromatic rings. The molecule has 0 saturated heterocycles. The molecule has 13 nitrogen and oxygen atoms in total. The van der Waals surface area contributed by atoms with Crippen molar-refractivity contribution < 1.29 is 61.3 Å². The molecule has 0 heterocycles. The van der Waals surface area contributed by atoms with Crippen LogP contribution in [0.5, 0.6) is 11.5 Å². The molecule has 0 aliphatic carbocycles. The highest BCUT2D eigenvalue weighted by atomic mass is 35.5. The van der Waals surface area contributed by atoms with E-state index in [1.165, 1.54) is 13.6 Å². The molecule has 0 aliphatic rings. The summed E-state index contributed by atoms with van der Waals surface area (Å²) < 4.78 is 63.4. The molecule has 41 heavy (non-hydrogen) atoms. The molecular formula is C23H25ClF3N2O11P. The first-order valence-corrected chi connectivity index (χ1v) is 14.0. The summed E-state index contributed by atoms with van der Waals surface area (Å²) in [6.07, 6.45) is -4.61. The van der Waals surface area contributed by atoms with E-state index < -0.39 is 65.8 Å². The van der Waals surface area contributed by atoms with E-state index in [4.69, 9.17) is 36.8 Å². The van der Waals surface area contributed by atoms with Gasteiger partial charge in [-0.3, -0.25) is 19.5 Å². The number of nitrogens with two attached hydrogens (primary N) is 1. The van der Waals surface area contributed by atoms with E-state index in [-0.39, 0.29) is 35.7 Å². The normalized spacial score (nSPS) is 13.1. The molecule has 2 atom stereocenters. The number of hydrogen-bond donors (Lipinski definition) is 3. The second-order valence-corrected chi connectivity index (χ2v) is 11.0. The standard InChI is InChI=1S/C18H13ClF3NO7.C5H12NO4P/c1-2-28-16(24)9-29-17(25)12-8-11(4-5-14(12)23(26)27)30-15-6-3-10(7-13(15)19)18(20,21)22;1-11(9,10)3-2-4(6)5(7)8/h3-8H,2,9H2,1H3;4H,2-3,6H2,1H3,(H,7,8)(H,9,10). The third-order valence-electron chi connectivity index (χ3n) is 4.67. The summed E-state index contributed by atoms with van der Waals surface area (Å²) in [6, 6.07) is 4.32. The molecule has 0 bridgehead atoms. The van der Waals surface area contributed by atoms with E-state index in [9.17, 15) is 42.2 Å². The topological polar surface area (TPSA) is 206 Å². The number of carboxylic acid groups (broad SMARTS) is 1. The lowest BCUT2D eigenvalue weighted by Gasteiger charge is -2.12. The summed E-state index contributed by atoms with van der Waals surface area (Å²) in [5.74, 6) is -3.50. The Kier molecular flexibility index (Phi) is 13.2. The predicted octanol–water partition coefficient (Wildman–Crippen LogP) is 4.47. The SMILES string of the molecule is CCOC(=O)COC(=O)c1cc(Oc2ccc(C(F)(F)F)cc2Cl)ccc1[N+](=O)[O-].CP(=O)(O)CCC(N)C(=O)O. The minimum absolute atomic E-state index is 0.0412. The summed E-state index contributed by atoms with van der Waals surface area (Å²) >= 11 is 5.81. The maximum atomic E-state index is 12.7. The van der Waals surface area contributed by atoms with Gasteiger partial charge in [0, 0.05) is 25.0 Å². The molecule has 0 saturated carbocycles. The van der Waals surface area contributed by atoms with E-state index in [0.29, 0.717) is 6.07 Å². The van der Waals surface area contributed by atoms with Crippen LogP contribution in [0.15, 0.2) is 36.4 Å². The first-order valence-electron chi connectivity index (χ1n) is 11.3. The third-order valence-corrected chi connectivity index (χ3v) is 6.05. The summed E-state index contributed by atoms with van der Waals surface area (Å²) in [7, 11) is -3.10. The first-order chi connectivity index (χ1) is 18.9. The quantitative estimate of drug-likeness (QED) is 0.136. The zero-order valence-corrected chi connectivity index (χ0v) is 23.1. The van der Waals surface area contributed by atoms with Crippen molar-refractivity contribution in [2.75, 3.05) is 26.0 Å². The summed E-state index contributed by atoms with van der Waals surface area (Å²) in [5.41, 5.74) is 2.93. The van der Waals surface area contributed by atoms with Crippen LogP contribution in [0.1, 0.15) is 29.3 Å². The monoisotopic (exact) mass is 628 g/mol. The van der Waals surface area contributed by atoms with E-state index in [0.717, 1.165) is 30.3 Å². The van der Waals surface area contributed by atoms with Crippen LogP contribution in [0.25, 0.3) is 0 Å². The van der Waals surface area contributed by atoms with Crippen LogP contribution in [0.3, 0.4) is 0 Å². The highest BCUT2D eigenvalue weighted by molar-refractivity contribution is 7.57. The number of nitro benzene ring substituents is 1. The minimum atomic E-state index is -4.61. The van der Waals surface area contributed by atoms with E-state index in [1.54, 1.807) is 0 Å². The number of carbonyl (C=O) groups is 3. The molecule has 0 spiro atoms. The highest BCUT2D eigenvalue weighted by Crippen LogP contribution is 2.37. The van der Waals surface area contributed by atoms with Crippen molar-refractivity contribution in [2.24, 2.45) is 5.73 Å². The van der Waals surface area contributed by atoms with Gasteiger partial charge in [0.2, 0.25) is 0 Å². The lowest BCUT2D eigenvalue weighted by atomic mass is 10.1. The molecule has 0 fully saturated rings. The van der Waals surface area contributed by atoms with E-state index >= 15 is 0 Å². The molecule has 2 rings (SSSR count). The largest absolute Gasteiger partial charge is 0.480 e. The fraction of sp³-hybridized carbons (Fsp3) is 0.348. The number of benzene rings is 2. The lowest BCUT2D eigenvalue weighted by molar-refractivity contribution is -0.385.